The minimum Gasteiger partial charge on any atom is -0.465 e. The van der Waals surface area contributed by atoms with Gasteiger partial charge in [0, 0.05) is 0 Å². The molecule has 0 bridgehead atoms. The highest BCUT2D eigenvalue weighted by Crippen LogP contribution is 2.25. The third kappa shape index (κ3) is 3.60. The van der Waals surface area contributed by atoms with Crippen molar-refractivity contribution in [1.29, 1.82) is 0 Å². The standard InChI is InChI=1S/C15H22O4S/c1-6-19-14(16)11(2)20(17,18)13-9-7-12(8-10-13)15(3,4)5/h7-11H,6H2,1-5H3. The van der Waals surface area contributed by atoms with E-state index in [1.54, 1.807) is 31.2 Å². The average molecular weight is 298 g/mol. The molecule has 112 valence electrons. The zero-order chi connectivity index (χ0) is 15.6. The lowest BCUT2D eigenvalue weighted by Gasteiger charge is -2.19. The van der Waals surface area contributed by atoms with Gasteiger partial charge in [0.25, 0.3) is 0 Å². The summed E-state index contributed by atoms with van der Waals surface area (Å²) in [5, 5.41) is -1.19. The van der Waals surface area contributed by atoms with Crippen LogP contribution in [0.1, 0.15) is 40.2 Å². The molecule has 0 spiro atoms. The van der Waals surface area contributed by atoms with Gasteiger partial charge in [-0.15, -0.1) is 0 Å². The van der Waals surface area contributed by atoms with Crippen molar-refractivity contribution >= 4 is 15.8 Å². The van der Waals surface area contributed by atoms with E-state index >= 15 is 0 Å². The smallest absolute Gasteiger partial charge is 0.324 e. The van der Waals surface area contributed by atoms with Gasteiger partial charge in [-0.05, 0) is 37.0 Å². The molecule has 1 rings (SSSR count). The number of rotatable bonds is 4. The molecule has 0 aromatic heterocycles. The van der Waals surface area contributed by atoms with Gasteiger partial charge in [-0.3, -0.25) is 4.79 Å². The Bertz CT molecular complexity index is 565. The SMILES string of the molecule is CCOC(=O)C(C)S(=O)(=O)c1ccc(C(C)(C)C)cc1. The van der Waals surface area contributed by atoms with Crippen molar-refractivity contribution in [2.45, 2.75) is 50.2 Å². The highest BCUT2D eigenvalue weighted by Gasteiger charge is 2.31. The number of sulfone groups is 1. The molecule has 0 radical (unpaired) electrons. The molecule has 1 unspecified atom stereocenters. The van der Waals surface area contributed by atoms with E-state index in [1.165, 1.54) is 6.92 Å². The summed E-state index contributed by atoms with van der Waals surface area (Å²) in [6, 6.07) is 6.66. The first-order valence-electron chi connectivity index (χ1n) is 6.61. The summed E-state index contributed by atoms with van der Waals surface area (Å²) in [4.78, 5) is 11.7. The molecule has 0 N–H and O–H groups in total. The topological polar surface area (TPSA) is 60.4 Å². The molecule has 0 saturated heterocycles. The van der Waals surface area contributed by atoms with Gasteiger partial charge < -0.3 is 4.74 Å². The van der Waals surface area contributed by atoms with E-state index in [1.807, 2.05) is 0 Å². The van der Waals surface area contributed by atoms with Crippen molar-refractivity contribution in [1.82, 2.24) is 0 Å². The molecule has 0 heterocycles. The summed E-state index contributed by atoms with van der Waals surface area (Å²) >= 11 is 0. The van der Waals surface area contributed by atoms with Crippen molar-refractivity contribution in [3.05, 3.63) is 29.8 Å². The minimum atomic E-state index is -3.70. The first-order chi connectivity index (χ1) is 9.10. The molecule has 4 nitrogen and oxygen atoms in total. The van der Waals surface area contributed by atoms with Crippen LogP contribution >= 0.6 is 0 Å². The summed E-state index contributed by atoms with van der Waals surface area (Å²) in [5.41, 5.74) is 0.995. The molecule has 1 atom stereocenters. The Hall–Kier alpha value is -1.36. The molecule has 5 heteroatoms. The molecule has 0 amide bonds. The van der Waals surface area contributed by atoms with Gasteiger partial charge in [0.05, 0.1) is 11.5 Å². The Morgan fingerprint density at radius 3 is 2.10 bits per heavy atom. The molecule has 0 aliphatic heterocycles. The normalized spacial score (nSPS) is 13.8. The van der Waals surface area contributed by atoms with Crippen LogP contribution in [0.2, 0.25) is 0 Å². The van der Waals surface area contributed by atoms with E-state index in [0.29, 0.717) is 0 Å². The third-order valence-corrected chi connectivity index (χ3v) is 5.19. The van der Waals surface area contributed by atoms with Crippen molar-refractivity contribution in [3.63, 3.8) is 0 Å². The van der Waals surface area contributed by atoms with Gasteiger partial charge in [0.1, 0.15) is 0 Å². The molecule has 0 aliphatic carbocycles. The van der Waals surface area contributed by atoms with Crippen LogP contribution in [0.3, 0.4) is 0 Å². The maximum absolute atomic E-state index is 12.3. The molecule has 1 aromatic rings. The van der Waals surface area contributed by atoms with E-state index in [0.717, 1.165) is 5.56 Å². The molecule has 0 aliphatic rings. The summed E-state index contributed by atoms with van der Waals surface area (Å²) < 4.78 is 29.4. The van der Waals surface area contributed by atoms with E-state index in [9.17, 15) is 13.2 Å². The van der Waals surface area contributed by atoms with Crippen LogP contribution in [-0.4, -0.2) is 26.2 Å². The van der Waals surface area contributed by atoms with E-state index < -0.39 is 21.1 Å². The number of carbonyl (C=O) groups excluding carboxylic acids is 1. The number of hydrogen-bond donors (Lipinski definition) is 0. The fourth-order valence-corrected chi connectivity index (χ4v) is 2.98. The Morgan fingerprint density at radius 2 is 1.70 bits per heavy atom. The Balaban J connectivity index is 3.08. The predicted octanol–water partition coefficient (Wildman–Crippen LogP) is 2.71. The fourth-order valence-electron chi connectivity index (χ4n) is 1.74. The number of ether oxygens (including phenoxy) is 1. The van der Waals surface area contributed by atoms with Gasteiger partial charge in [-0.1, -0.05) is 32.9 Å². The molecule has 1 aromatic carbocycles. The third-order valence-electron chi connectivity index (χ3n) is 3.13. The Kier molecular flexibility index (Phi) is 4.97. The number of esters is 1. The molecule has 0 fully saturated rings. The molecular formula is C15H22O4S. The summed E-state index contributed by atoms with van der Waals surface area (Å²) in [5.74, 6) is -0.715. The zero-order valence-electron chi connectivity index (χ0n) is 12.6. The summed E-state index contributed by atoms with van der Waals surface area (Å²) in [6.45, 7) is 9.33. The number of benzene rings is 1. The van der Waals surface area contributed by atoms with Crippen LogP contribution in [0, 0.1) is 0 Å². The van der Waals surface area contributed by atoms with Gasteiger partial charge in [-0.2, -0.15) is 0 Å². The van der Waals surface area contributed by atoms with Crippen molar-refractivity contribution in [3.8, 4) is 0 Å². The maximum Gasteiger partial charge on any atom is 0.324 e. The predicted molar refractivity (Wildman–Crippen MR) is 78.4 cm³/mol. The Morgan fingerprint density at radius 1 is 1.20 bits per heavy atom. The zero-order valence-corrected chi connectivity index (χ0v) is 13.5. The largest absolute Gasteiger partial charge is 0.465 e. The summed E-state index contributed by atoms with van der Waals surface area (Å²) in [6.07, 6.45) is 0. The van der Waals surface area contributed by atoms with Crippen molar-refractivity contribution in [2.24, 2.45) is 0 Å². The second-order valence-corrected chi connectivity index (χ2v) is 7.98. The second kappa shape index (κ2) is 5.95. The lowest BCUT2D eigenvalue weighted by atomic mass is 9.87. The van der Waals surface area contributed by atoms with Crippen LogP contribution in [0.4, 0.5) is 0 Å². The van der Waals surface area contributed by atoms with Crippen LogP contribution in [0.15, 0.2) is 29.2 Å². The monoisotopic (exact) mass is 298 g/mol. The van der Waals surface area contributed by atoms with Crippen LogP contribution < -0.4 is 0 Å². The highest BCUT2D eigenvalue weighted by molar-refractivity contribution is 7.92. The van der Waals surface area contributed by atoms with Gasteiger partial charge in [0.15, 0.2) is 15.1 Å². The quantitative estimate of drug-likeness (QED) is 0.802. The molecule has 0 saturated carbocycles. The van der Waals surface area contributed by atoms with Crippen LogP contribution in [0.5, 0.6) is 0 Å². The maximum atomic E-state index is 12.3. The van der Waals surface area contributed by atoms with E-state index in [-0.39, 0.29) is 16.9 Å². The first kappa shape index (κ1) is 16.7. The average Bonchev–Trinajstić information content (AvgIpc) is 2.37. The minimum absolute atomic E-state index is 0.0466. The fraction of sp³-hybridized carbons (Fsp3) is 0.533. The highest BCUT2D eigenvalue weighted by atomic mass is 32.2. The Labute approximate surface area is 121 Å². The lowest BCUT2D eigenvalue weighted by Crippen LogP contribution is -2.29. The van der Waals surface area contributed by atoms with Crippen molar-refractivity contribution in [2.75, 3.05) is 6.61 Å². The van der Waals surface area contributed by atoms with E-state index in [4.69, 9.17) is 4.74 Å². The molecular weight excluding hydrogens is 276 g/mol. The molecule has 20 heavy (non-hydrogen) atoms. The first-order valence-corrected chi connectivity index (χ1v) is 8.16. The van der Waals surface area contributed by atoms with E-state index in [2.05, 4.69) is 20.8 Å². The van der Waals surface area contributed by atoms with Crippen LogP contribution in [0.25, 0.3) is 0 Å². The number of carbonyl (C=O) groups is 1. The van der Waals surface area contributed by atoms with Crippen LogP contribution in [-0.2, 0) is 24.8 Å². The summed E-state index contributed by atoms with van der Waals surface area (Å²) in [7, 11) is -3.70. The van der Waals surface area contributed by atoms with Crippen molar-refractivity contribution < 1.29 is 17.9 Å². The number of hydrogen-bond acceptors (Lipinski definition) is 4. The van der Waals surface area contributed by atoms with Gasteiger partial charge >= 0.3 is 5.97 Å². The van der Waals surface area contributed by atoms with Gasteiger partial charge in [-0.25, -0.2) is 8.42 Å². The second-order valence-electron chi connectivity index (χ2n) is 5.71. The van der Waals surface area contributed by atoms with Gasteiger partial charge in [0.2, 0.25) is 0 Å². The lowest BCUT2D eigenvalue weighted by molar-refractivity contribution is -0.142.